The molecule has 0 spiro atoms. The molecule has 1 aliphatic rings. The molecule has 0 saturated heterocycles. The summed E-state index contributed by atoms with van der Waals surface area (Å²) in [7, 11) is 0. The van der Waals surface area contributed by atoms with Crippen molar-refractivity contribution < 1.29 is 0 Å². The molecule has 16 heavy (non-hydrogen) atoms. The largest absolute Gasteiger partial charge is 0.0619 e. The van der Waals surface area contributed by atoms with Crippen LogP contribution >= 0.6 is 0 Å². The topological polar surface area (TPSA) is 0 Å². The maximum Gasteiger partial charge on any atom is -0.0118 e. The van der Waals surface area contributed by atoms with E-state index >= 15 is 0 Å². The summed E-state index contributed by atoms with van der Waals surface area (Å²) in [6.07, 6.45) is 0. The van der Waals surface area contributed by atoms with Crippen LogP contribution in [0.5, 0.6) is 0 Å². The highest BCUT2D eigenvalue weighted by atomic mass is 14.3. The van der Waals surface area contributed by atoms with Gasteiger partial charge in [0.2, 0.25) is 0 Å². The molecule has 0 saturated carbocycles. The molecule has 0 heterocycles. The summed E-state index contributed by atoms with van der Waals surface area (Å²) in [6, 6.07) is 17.6. The van der Waals surface area contributed by atoms with Gasteiger partial charge in [0.25, 0.3) is 0 Å². The summed E-state index contributed by atoms with van der Waals surface area (Å²) in [6.45, 7) is 4.67. The first-order valence-corrected chi connectivity index (χ1v) is 5.97. The molecule has 0 heteroatoms. The van der Waals surface area contributed by atoms with Crippen molar-refractivity contribution in [1.29, 1.82) is 0 Å². The number of fused-ring (bicyclic) bond motifs is 3. The first kappa shape index (κ1) is 9.65. The van der Waals surface area contributed by atoms with Gasteiger partial charge in [-0.3, -0.25) is 0 Å². The number of benzene rings is 2. The molecule has 2 aromatic rings. The van der Waals surface area contributed by atoms with E-state index in [4.69, 9.17) is 0 Å². The molecule has 0 N–H and O–H groups in total. The molecule has 0 nitrogen and oxygen atoms in total. The van der Waals surface area contributed by atoms with E-state index in [2.05, 4.69) is 62.4 Å². The van der Waals surface area contributed by atoms with Gasteiger partial charge in [-0.1, -0.05) is 62.4 Å². The molecule has 0 aromatic heterocycles. The molecule has 0 fully saturated rings. The van der Waals surface area contributed by atoms with E-state index in [0.29, 0.717) is 11.8 Å². The molecule has 0 radical (unpaired) electrons. The molecule has 0 aliphatic heterocycles. The number of hydrogen-bond donors (Lipinski definition) is 0. The first-order valence-electron chi connectivity index (χ1n) is 5.97. The van der Waals surface area contributed by atoms with Crippen LogP contribution in [0.25, 0.3) is 11.1 Å². The lowest BCUT2D eigenvalue weighted by molar-refractivity contribution is 0.616. The molecule has 3 rings (SSSR count). The smallest absolute Gasteiger partial charge is 0.0118 e. The van der Waals surface area contributed by atoms with Crippen LogP contribution in [0.3, 0.4) is 0 Å². The Hall–Kier alpha value is -1.56. The normalized spacial score (nSPS) is 22.4. The van der Waals surface area contributed by atoms with Gasteiger partial charge in [-0.2, -0.15) is 0 Å². The standard InChI is InChI=1S/C16H16/c1-11-12(2)14-8-4-6-10-16(14)15-9-5-3-7-13(11)15/h3-12H,1-2H3. The van der Waals surface area contributed by atoms with Gasteiger partial charge in [-0.15, -0.1) is 0 Å². The molecule has 80 valence electrons. The van der Waals surface area contributed by atoms with Crippen molar-refractivity contribution in [1.82, 2.24) is 0 Å². The predicted octanol–water partition coefficient (Wildman–Crippen LogP) is 4.57. The lowest BCUT2D eigenvalue weighted by atomic mass is 9.73. The Balaban J connectivity index is 2.33. The van der Waals surface area contributed by atoms with E-state index < -0.39 is 0 Å². The van der Waals surface area contributed by atoms with E-state index in [0.717, 1.165) is 0 Å². The van der Waals surface area contributed by atoms with Crippen molar-refractivity contribution in [3.05, 3.63) is 59.7 Å². The Morgan fingerprint density at radius 1 is 0.625 bits per heavy atom. The van der Waals surface area contributed by atoms with Crippen molar-refractivity contribution >= 4 is 0 Å². The van der Waals surface area contributed by atoms with Crippen molar-refractivity contribution in [3.63, 3.8) is 0 Å². The summed E-state index contributed by atoms with van der Waals surface area (Å²) in [5.41, 5.74) is 5.83. The minimum absolute atomic E-state index is 0.617. The summed E-state index contributed by atoms with van der Waals surface area (Å²) in [4.78, 5) is 0. The quantitative estimate of drug-likeness (QED) is 0.594. The van der Waals surface area contributed by atoms with Gasteiger partial charge in [0.1, 0.15) is 0 Å². The fraction of sp³-hybridized carbons (Fsp3) is 0.250. The van der Waals surface area contributed by atoms with E-state index in [9.17, 15) is 0 Å². The summed E-state index contributed by atoms with van der Waals surface area (Å²) in [5, 5.41) is 0. The van der Waals surface area contributed by atoms with E-state index in [1.165, 1.54) is 22.3 Å². The zero-order valence-corrected chi connectivity index (χ0v) is 9.77. The summed E-state index contributed by atoms with van der Waals surface area (Å²) in [5.74, 6) is 1.23. The predicted molar refractivity (Wildman–Crippen MR) is 68.7 cm³/mol. The minimum atomic E-state index is 0.617. The SMILES string of the molecule is CC1c2ccccc2-c2ccccc2C1C. The van der Waals surface area contributed by atoms with Crippen LogP contribution < -0.4 is 0 Å². The maximum atomic E-state index is 2.33. The highest BCUT2D eigenvalue weighted by molar-refractivity contribution is 5.74. The molecule has 1 aliphatic carbocycles. The molecular weight excluding hydrogens is 192 g/mol. The van der Waals surface area contributed by atoms with E-state index in [-0.39, 0.29) is 0 Å². The van der Waals surface area contributed by atoms with Gasteiger partial charge in [0.15, 0.2) is 0 Å². The van der Waals surface area contributed by atoms with Gasteiger partial charge in [0, 0.05) is 0 Å². The average molecular weight is 208 g/mol. The minimum Gasteiger partial charge on any atom is -0.0619 e. The van der Waals surface area contributed by atoms with Crippen LogP contribution in [0, 0.1) is 0 Å². The molecule has 2 atom stereocenters. The van der Waals surface area contributed by atoms with Gasteiger partial charge in [-0.05, 0) is 34.1 Å². The van der Waals surface area contributed by atoms with E-state index in [1.54, 1.807) is 0 Å². The van der Waals surface area contributed by atoms with Crippen molar-refractivity contribution in [2.45, 2.75) is 25.7 Å². The van der Waals surface area contributed by atoms with Crippen molar-refractivity contribution in [3.8, 4) is 11.1 Å². The monoisotopic (exact) mass is 208 g/mol. The lowest BCUT2D eigenvalue weighted by Gasteiger charge is -2.31. The third-order valence-corrected chi connectivity index (χ3v) is 3.94. The maximum absolute atomic E-state index is 2.33. The number of hydrogen-bond acceptors (Lipinski definition) is 0. The average Bonchev–Trinajstić information content (AvgIpc) is 2.36. The Labute approximate surface area is 96.9 Å². The fourth-order valence-corrected chi connectivity index (χ4v) is 2.82. The van der Waals surface area contributed by atoms with Crippen LogP contribution in [0.1, 0.15) is 36.8 Å². The van der Waals surface area contributed by atoms with Crippen molar-refractivity contribution in [2.75, 3.05) is 0 Å². The highest BCUT2D eigenvalue weighted by Crippen LogP contribution is 2.45. The van der Waals surface area contributed by atoms with Crippen LogP contribution in [0.15, 0.2) is 48.5 Å². The second-order valence-corrected chi connectivity index (χ2v) is 4.75. The summed E-state index contributed by atoms with van der Waals surface area (Å²) < 4.78 is 0. The van der Waals surface area contributed by atoms with Gasteiger partial charge in [-0.25, -0.2) is 0 Å². The Kier molecular flexibility index (Phi) is 2.10. The Morgan fingerprint density at radius 2 is 1.00 bits per heavy atom. The van der Waals surface area contributed by atoms with E-state index in [1.807, 2.05) is 0 Å². The second-order valence-electron chi connectivity index (χ2n) is 4.75. The Morgan fingerprint density at radius 3 is 1.44 bits per heavy atom. The first-order chi connectivity index (χ1) is 7.79. The lowest BCUT2D eigenvalue weighted by Crippen LogP contribution is -2.12. The number of rotatable bonds is 0. The second kappa shape index (κ2) is 3.48. The van der Waals surface area contributed by atoms with Crippen LogP contribution in [0.2, 0.25) is 0 Å². The van der Waals surface area contributed by atoms with Crippen LogP contribution in [-0.2, 0) is 0 Å². The zero-order valence-electron chi connectivity index (χ0n) is 9.77. The fourth-order valence-electron chi connectivity index (χ4n) is 2.82. The molecule has 0 amide bonds. The zero-order chi connectivity index (χ0) is 11.1. The molecule has 2 unspecified atom stereocenters. The molecular formula is C16H16. The third kappa shape index (κ3) is 1.23. The van der Waals surface area contributed by atoms with Crippen molar-refractivity contribution in [2.24, 2.45) is 0 Å². The van der Waals surface area contributed by atoms with Crippen LogP contribution in [0.4, 0.5) is 0 Å². The van der Waals surface area contributed by atoms with Gasteiger partial charge in [0.05, 0.1) is 0 Å². The third-order valence-electron chi connectivity index (χ3n) is 3.94. The van der Waals surface area contributed by atoms with Gasteiger partial charge >= 0.3 is 0 Å². The Bertz CT molecular complexity index is 476. The van der Waals surface area contributed by atoms with Gasteiger partial charge < -0.3 is 0 Å². The molecule has 2 aromatic carbocycles. The molecule has 0 bridgehead atoms. The highest BCUT2D eigenvalue weighted by Gasteiger charge is 2.26. The van der Waals surface area contributed by atoms with Crippen LogP contribution in [-0.4, -0.2) is 0 Å². The summed E-state index contributed by atoms with van der Waals surface area (Å²) >= 11 is 0.